The maximum Gasteiger partial charge on any atom is 0.266 e. The van der Waals surface area contributed by atoms with Crippen LogP contribution in [0.3, 0.4) is 0 Å². The summed E-state index contributed by atoms with van der Waals surface area (Å²) in [4.78, 5) is 22.6. The highest BCUT2D eigenvalue weighted by atomic mass is 32.2. The van der Waals surface area contributed by atoms with E-state index in [1.54, 1.807) is 19.1 Å². The number of nitrogens with zero attached hydrogens (tertiary/aromatic N) is 3. The summed E-state index contributed by atoms with van der Waals surface area (Å²) in [7, 11) is 3.31. The third-order valence-corrected chi connectivity index (χ3v) is 6.62. The molecule has 168 valence electrons. The fourth-order valence-corrected chi connectivity index (χ4v) is 4.91. The van der Waals surface area contributed by atoms with E-state index in [2.05, 4.69) is 17.0 Å². The highest BCUT2D eigenvalue weighted by molar-refractivity contribution is 8.18. The molecule has 2 fully saturated rings. The SMILES string of the molecule is COCCN1C(=O)/C(=C/c2ccc(N3CCCCC3)cc2OC)SC1=Nc1ccccc1. The van der Waals surface area contributed by atoms with Gasteiger partial charge in [-0.25, -0.2) is 4.99 Å². The normalized spacial score (nSPS) is 19.2. The molecule has 2 aromatic carbocycles. The molecule has 0 radical (unpaired) electrons. The molecule has 0 bridgehead atoms. The lowest BCUT2D eigenvalue weighted by Crippen LogP contribution is -2.32. The van der Waals surface area contributed by atoms with Gasteiger partial charge in [-0.3, -0.25) is 9.69 Å². The quantitative estimate of drug-likeness (QED) is 0.559. The first kappa shape index (κ1) is 22.4. The van der Waals surface area contributed by atoms with E-state index in [0.717, 1.165) is 30.1 Å². The Morgan fingerprint density at radius 2 is 1.84 bits per heavy atom. The Bertz CT molecular complexity index is 1000. The number of hydrogen-bond acceptors (Lipinski definition) is 6. The number of carbonyl (C=O) groups is 1. The van der Waals surface area contributed by atoms with Crippen molar-refractivity contribution in [3.63, 3.8) is 0 Å². The zero-order valence-corrected chi connectivity index (χ0v) is 19.4. The van der Waals surface area contributed by atoms with Crippen LogP contribution >= 0.6 is 11.8 Å². The first-order valence-corrected chi connectivity index (χ1v) is 11.8. The van der Waals surface area contributed by atoms with E-state index in [1.165, 1.54) is 36.7 Å². The predicted octanol–water partition coefficient (Wildman–Crippen LogP) is 4.94. The molecule has 6 nitrogen and oxygen atoms in total. The Balaban J connectivity index is 1.62. The van der Waals surface area contributed by atoms with Gasteiger partial charge in [-0.1, -0.05) is 18.2 Å². The zero-order chi connectivity index (χ0) is 22.3. The minimum Gasteiger partial charge on any atom is -0.496 e. The fraction of sp³-hybridized carbons (Fsp3) is 0.360. The van der Waals surface area contributed by atoms with E-state index < -0.39 is 0 Å². The summed E-state index contributed by atoms with van der Waals surface area (Å²) in [6.45, 7) is 3.05. The Morgan fingerprint density at radius 3 is 2.56 bits per heavy atom. The molecular formula is C25H29N3O3S. The van der Waals surface area contributed by atoms with E-state index in [9.17, 15) is 4.79 Å². The van der Waals surface area contributed by atoms with Crippen LogP contribution in [0.1, 0.15) is 24.8 Å². The van der Waals surface area contributed by atoms with Crippen molar-refractivity contribution < 1.29 is 14.3 Å². The van der Waals surface area contributed by atoms with E-state index in [-0.39, 0.29) is 5.91 Å². The van der Waals surface area contributed by atoms with Crippen molar-refractivity contribution in [2.24, 2.45) is 4.99 Å². The molecule has 0 N–H and O–H groups in total. The number of amidine groups is 1. The first-order chi connectivity index (χ1) is 15.7. The van der Waals surface area contributed by atoms with Crippen LogP contribution in [0.25, 0.3) is 6.08 Å². The minimum atomic E-state index is -0.0658. The Morgan fingerprint density at radius 1 is 1.06 bits per heavy atom. The van der Waals surface area contributed by atoms with Crippen molar-refractivity contribution in [2.45, 2.75) is 19.3 Å². The van der Waals surface area contributed by atoms with Gasteiger partial charge in [0, 0.05) is 37.5 Å². The third kappa shape index (κ3) is 5.16. The van der Waals surface area contributed by atoms with Gasteiger partial charge in [0.15, 0.2) is 5.17 Å². The maximum absolute atomic E-state index is 13.2. The molecule has 0 aromatic heterocycles. The van der Waals surface area contributed by atoms with E-state index in [0.29, 0.717) is 23.2 Å². The molecular weight excluding hydrogens is 422 g/mol. The molecule has 0 aliphatic carbocycles. The molecule has 2 saturated heterocycles. The van der Waals surface area contributed by atoms with Gasteiger partial charge in [-0.2, -0.15) is 0 Å². The second-order valence-corrected chi connectivity index (χ2v) is 8.77. The molecule has 0 unspecified atom stereocenters. The number of amides is 1. The highest BCUT2D eigenvalue weighted by Gasteiger charge is 2.33. The monoisotopic (exact) mass is 451 g/mol. The highest BCUT2D eigenvalue weighted by Crippen LogP contribution is 2.36. The topological polar surface area (TPSA) is 54.4 Å². The molecule has 7 heteroatoms. The van der Waals surface area contributed by atoms with Crippen LogP contribution in [0, 0.1) is 0 Å². The van der Waals surface area contributed by atoms with Crippen LogP contribution in [0.5, 0.6) is 5.75 Å². The third-order valence-electron chi connectivity index (χ3n) is 5.61. The second kappa shape index (κ2) is 10.7. The van der Waals surface area contributed by atoms with Gasteiger partial charge in [0.1, 0.15) is 5.75 Å². The average molecular weight is 452 g/mol. The minimum absolute atomic E-state index is 0.0658. The number of methoxy groups -OCH3 is 2. The number of aliphatic imine (C=N–C) groups is 1. The lowest BCUT2D eigenvalue weighted by Gasteiger charge is -2.29. The summed E-state index contributed by atoms with van der Waals surface area (Å²) in [5.74, 6) is 0.703. The Kier molecular flexibility index (Phi) is 7.50. The van der Waals surface area contributed by atoms with E-state index in [4.69, 9.17) is 14.5 Å². The summed E-state index contributed by atoms with van der Waals surface area (Å²) in [5.41, 5.74) is 2.87. The summed E-state index contributed by atoms with van der Waals surface area (Å²) in [5, 5.41) is 0.661. The molecule has 0 saturated carbocycles. The van der Waals surface area contributed by atoms with Crippen molar-refractivity contribution in [1.29, 1.82) is 0 Å². The van der Waals surface area contributed by atoms with Crippen LogP contribution in [-0.4, -0.2) is 56.4 Å². The molecule has 32 heavy (non-hydrogen) atoms. The van der Waals surface area contributed by atoms with Crippen LogP contribution in [0.4, 0.5) is 11.4 Å². The van der Waals surface area contributed by atoms with Crippen molar-refractivity contribution >= 4 is 40.3 Å². The van der Waals surface area contributed by atoms with Gasteiger partial charge in [0.05, 0.1) is 30.9 Å². The molecule has 0 atom stereocenters. The number of ether oxygens (including phenoxy) is 2. The van der Waals surface area contributed by atoms with Crippen molar-refractivity contribution in [3.05, 3.63) is 59.0 Å². The smallest absolute Gasteiger partial charge is 0.266 e. The van der Waals surface area contributed by atoms with Crippen LogP contribution < -0.4 is 9.64 Å². The molecule has 2 aliphatic heterocycles. The number of anilines is 1. The fourth-order valence-electron chi connectivity index (χ4n) is 3.89. The Labute approximate surface area is 193 Å². The van der Waals surface area contributed by atoms with E-state index in [1.807, 2.05) is 42.5 Å². The number of para-hydroxylation sites is 1. The van der Waals surface area contributed by atoms with Gasteiger partial charge in [0.2, 0.25) is 0 Å². The standard InChI is InChI=1S/C25H29N3O3S/c1-30-16-15-28-24(29)23(32-25(28)26-20-9-5-3-6-10-20)17-19-11-12-21(18-22(19)31-2)27-13-7-4-8-14-27/h3,5-6,9-12,17-18H,4,7-8,13-16H2,1-2H3/b23-17-,26-25?. The number of hydrogen-bond donors (Lipinski definition) is 0. The van der Waals surface area contributed by atoms with Gasteiger partial charge in [-0.15, -0.1) is 0 Å². The van der Waals surface area contributed by atoms with Gasteiger partial charge in [-0.05, 0) is 61.4 Å². The molecule has 2 aromatic rings. The average Bonchev–Trinajstić information content (AvgIpc) is 3.12. The number of rotatable bonds is 7. The summed E-state index contributed by atoms with van der Waals surface area (Å²) >= 11 is 1.38. The van der Waals surface area contributed by atoms with Gasteiger partial charge < -0.3 is 14.4 Å². The Hall–Kier alpha value is -2.77. The number of benzene rings is 2. The molecule has 2 heterocycles. The number of thioether (sulfide) groups is 1. The van der Waals surface area contributed by atoms with Crippen LogP contribution in [0.15, 0.2) is 58.4 Å². The first-order valence-electron chi connectivity index (χ1n) is 11.0. The van der Waals surface area contributed by atoms with Crippen molar-refractivity contribution in [3.8, 4) is 5.75 Å². The van der Waals surface area contributed by atoms with Gasteiger partial charge in [0.25, 0.3) is 5.91 Å². The lowest BCUT2D eigenvalue weighted by atomic mass is 10.1. The molecule has 4 rings (SSSR count). The van der Waals surface area contributed by atoms with Crippen molar-refractivity contribution in [2.75, 3.05) is 45.4 Å². The molecule has 0 spiro atoms. The van der Waals surface area contributed by atoms with Gasteiger partial charge >= 0.3 is 0 Å². The van der Waals surface area contributed by atoms with Crippen LogP contribution in [0.2, 0.25) is 0 Å². The lowest BCUT2D eigenvalue weighted by molar-refractivity contribution is -0.122. The maximum atomic E-state index is 13.2. The second-order valence-electron chi connectivity index (χ2n) is 7.76. The number of carbonyl (C=O) groups excluding carboxylic acids is 1. The van der Waals surface area contributed by atoms with Crippen molar-refractivity contribution in [1.82, 2.24) is 4.90 Å². The number of piperidine rings is 1. The summed E-state index contributed by atoms with van der Waals surface area (Å²) < 4.78 is 10.9. The summed E-state index contributed by atoms with van der Waals surface area (Å²) in [6.07, 6.45) is 5.64. The van der Waals surface area contributed by atoms with E-state index >= 15 is 0 Å². The van der Waals surface area contributed by atoms with Crippen LogP contribution in [-0.2, 0) is 9.53 Å². The summed E-state index contributed by atoms with van der Waals surface area (Å²) in [6, 6.07) is 15.9. The zero-order valence-electron chi connectivity index (χ0n) is 18.6. The molecule has 2 aliphatic rings. The largest absolute Gasteiger partial charge is 0.496 e. The predicted molar refractivity (Wildman–Crippen MR) is 132 cm³/mol. The molecule has 1 amide bonds.